The van der Waals surface area contributed by atoms with Gasteiger partial charge in [0.05, 0.1) is 57.5 Å². The van der Waals surface area contributed by atoms with E-state index in [9.17, 15) is 90.4 Å². The third kappa shape index (κ3) is 18.4. The summed E-state index contributed by atoms with van der Waals surface area (Å²) in [4.78, 5) is 110. The fraction of sp³-hybridized carbons (Fsp3) is 0.661. The lowest BCUT2D eigenvalue weighted by molar-refractivity contribution is -0.352. The molecule has 2 aromatic carbocycles. The first-order valence-electron chi connectivity index (χ1n) is 32.8. The van der Waals surface area contributed by atoms with E-state index in [0.717, 1.165) is 4.90 Å². The molecule has 8 rings (SSSR count). The van der Waals surface area contributed by atoms with Crippen LogP contribution < -0.4 is 53.4 Å². The molecule has 38 nitrogen and oxygen atoms in total. The van der Waals surface area contributed by atoms with Gasteiger partial charge in [0, 0.05) is 12.3 Å². The molecule has 0 saturated carbocycles. The molecule has 6 aliphatic rings. The van der Waals surface area contributed by atoms with E-state index in [1.54, 1.807) is 37.3 Å². The lowest BCUT2D eigenvalue weighted by atomic mass is 9.92. The van der Waals surface area contributed by atoms with E-state index in [1.165, 1.54) is 24.3 Å². The van der Waals surface area contributed by atoms with Gasteiger partial charge in [-0.05, 0) is 36.1 Å². The van der Waals surface area contributed by atoms with Gasteiger partial charge in [0.1, 0.15) is 128 Å². The number of aliphatic hydroxyl groups excluding tert-OH is 13. The van der Waals surface area contributed by atoms with Crippen LogP contribution in [0.2, 0.25) is 0 Å². The van der Waals surface area contributed by atoms with Crippen LogP contribution in [0.4, 0.5) is 0 Å². The highest BCUT2D eigenvalue weighted by Gasteiger charge is 2.54. The number of amides is 6. The molecule has 100 heavy (non-hydrogen) atoms. The monoisotopic (exact) mass is 1420 g/mol. The number of ether oxygens (including phenoxy) is 6. The van der Waals surface area contributed by atoms with E-state index in [0.29, 0.717) is 31.2 Å². The number of nitrogens with one attached hydrogen (secondary N) is 7. The van der Waals surface area contributed by atoms with Gasteiger partial charge in [-0.1, -0.05) is 76.1 Å². The zero-order valence-electron chi connectivity index (χ0n) is 54.8. The van der Waals surface area contributed by atoms with E-state index in [2.05, 4.69) is 47.2 Å². The fourth-order valence-electron chi connectivity index (χ4n) is 12.5. The van der Waals surface area contributed by atoms with Gasteiger partial charge in [0.15, 0.2) is 24.4 Å². The number of esters is 1. The van der Waals surface area contributed by atoms with Crippen LogP contribution in [0.25, 0.3) is 0 Å². The molecule has 6 heterocycles. The predicted molar refractivity (Wildman–Crippen MR) is 340 cm³/mol. The topological polar surface area (TPSA) is 602 Å². The highest BCUT2D eigenvalue weighted by Crippen LogP contribution is 2.33. The van der Waals surface area contributed by atoms with Gasteiger partial charge < -0.3 is 148 Å². The first-order chi connectivity index (χ1) is 47.6. The lowest BCUT2D eigenvalue weighted by Crippen LogP contribution is -2.70. The summed E-state index contributed by atoms with van der Waals surface area (Å²) in [5, 5.41) is 160. The van der Waals surface area contributed by atoms with Gasteiger partial charge in [-0.2, -0.15) is 0 Å². The molecule has 6 amide bonds. The summed E-state index contributed by atoms with van der Waals surface area (Å²) in [7, 11) is 0. The maximum absolute atomic E-state index is 15.3. The number of rotatable bonds is 23. The van der Waals surface area contributed by atoms with Crippen molar-refractivity contribution in [1.29, 1.82) is 0 Å². The van der Waals surface area contributed by atoms with Gasteiger partial charge >= 0.3 is 5.97 Å². The Morgan fingerprint density at radius 3 is 1.81 bits per heavy atom. The Morgan fingerprint density at radius 1 is 0.610 bits per heavy atom. The number of aliphatic hydroxyl groups is 13. The average Bonchev–Trinajstić information content (AvgIpc) is 1.41. The number of aliphatic imine (C=N–C) groups is 2. The third-order valence-electron chi connectivity index (χ3n) is 18.3. The molecule has 24 N–H and O–H groups in total. The molecule has 0 radical (unpaired) electrons. The van der Waals surface area contributed by atoms with Crippen LogP contribution in [0.5, 0.6) is 5.75 Å². The van der Waals surface area contributed by atoms with Crippen LogP contribution in [0, 0.1) is 5.92 Å². The number of benzene rings is 2. The first-order valence-corrected chi connectivity index (χ1v) is 32.8. The van der Waals surface area contributed by atoms with Crippen LogP contribution in [-0.4, -0.2) is 317 Å². The second-order valence-corrected chi connectivity index (χ2v) is 25.3. The number of hydrogen-bond acceptors (Lipinski definition) is 32. The van der Waals surface area contributed by atoms with Gasteiger partial charge in [-0.15, -0.1) is 0 Å². The van der Waals surface area contributed by atoms with Crippen molar-refractivity contribution in [2.45, 2.75) is 205 Å². The summed E-state index contributed by atoms with van der Waals surface area (Å²) in [6.45, 7) is -0.00961. The normalized spacial score (nSPS) is 35.2. The zero-order valence-corrected chi connectivity index (χ0v) is 54.8. The minimum atomic E-state index is -2.36. The van der Waals surface area contributed by atoms with Crippen LogP contribution in [0.15, 0.2) is 64.6 Å². The minimum Gasteiger partial charge on any atom is -0.463 e. The molecular weight excluding hydrogens is 1330 g/mol. The molecule has 25 atom stereocenters. The number of carbonyl (C=O) groups excluding carboxylic acids is 7. The third-order valence-corrected chi connectivity index (χ3v) is 18.3. The largest absolute Gasteiger partial charge is 0.463 e. The highest BCUT2D eigenvalue weighted by atomic mass is 16.7. The lowest BCUT2D eigenvalue weighted by Gasteiger charge is -2.46. The second-order valence-electron chi connectivity index (χ2n) is 25.3. The Balaban J connectivity index is 1.12. The molecule has 38 heteroatoms. The number of guanidine groups is 2. The van der Waals surface area contributed by atoms with Gasteiger partial charge in [-0.25, -0.2) is 0 Å². The number of hydrogen-bond donors (Lipinski definition) is 22. The van der Waals surface area contributed by atoms with Crippen molar-refractivity contribution < 1.29 is 128 Å². The van der Waals surface area contributed by atoms with Crippen molar-refractivity contribution in [2.75, 3.05) is 46.1 Å². The minimum absolute atomic E-state index is 0.0839. The van der Waals surface area contributed by atoms with Gasteiger partial charge in [0.25, 0.3) is 0 Å². The molecule has 0 bridgehead atoms. The molecule has 2 aromatic rings. The summed E-state index contributed by atoms with van der Waals surface area (Å²) < 4.78 is 35.0. The van der Waals surface area contributed by atoms with Gasteiger partial charge in [0.2, 0.25) is 41.7 Å². The van der Waals surface area contributed by atoms with Crippen LogP contribution in [0.1, 0.15) is 63.5 Å². The van der Waals surface area contributed by atoms with E-state index < -0.39 is 252 Å². The average molecular weight is 1420 g/mol. The van der Waals surface area contributed by atoms with Gasteiger partial charge in [-0.3, -0.25) is 43.5 Å². The van der Waals surface area contributed by atoms with E-state index >= 15 is 9.59 Å². The maximum Gasteiger partial charge on any atom is 0.309 e. The highest BCUT2D eigenvalue weighted by molar-refractivity contribution is 5.98. The Bertz CT molecular complexity index is 3160. The van der Waals surface area contributed by atoms with Crippen molar-refractivity contribution in [1.82, 2.24) is 42.1 Å². The SMILES string of the molecule is CCCC(CCC)C(=O)OC[C@H]1O[C@H](Oc2ccc(C[C@H]3NC(=O)[C@H](C(C)c4ccccc4)NC(=O)CNC(=O)[C@H](CO)NC(=O)[C@@H](C(O)C4CN=C(N)N4[C@H]4O[C@H](CO)[C@@H](O)[C@H](O)[C@@H]4O)NC(=O)[C@H](C(O)C4CN=C(N)N4)NC3=O)cc2)[C@@H](O)[C@@H](O)[C@@H]1O[C@H]1O[C@H](CO)[C@@H](O)[C@H](O)[C@@H]1O. The van der Waals surface area contributed by atoms with Crippen LogP contribution in [-0.2, 0) is 63.7 Å². The molecular formula is C62H92N12O26. The molecule has 556 valence electrons. The molecule has 5 unspecified atom stereocenters. The number of carbonyl (C=O) groups is 7. The second kappa shape index (κ2) is 35.3. The molecule has 6 aliphatic heterocycles. The smallest absolute Gasteiger partial charge is 0.309 e. The Hall–Kier alpha value is -7.61. The summed E-state index contributed by atoms with van der Waals surface area (Å²) in [6.07, 6.45) is -29.9. The Kier molecular flexibility index (Phi) is 27.6. The zero-order chi connectivity index (χ0) is 73.0. The van der Waals surface area contributed by atoms with Crippen molar-refractivity contribution in [2.24, 2.45) is 27.4 Å². The van der Waals surface area contributed by atoms with Crippen LogP contribution >= 0.6 is 0 Å². The van der Waals surface area contributed by atoms with Crippen molar-refractivity contribution in [3.8, 4) is 5.75 Å². The summed E-state index contributed by atoms with van der Waals surface area (Å²) in [5.41, 5.74) is 12.9. The predicted octanol–water partition coefficient (Wildman–Crippen LogP) is -10.8. The standard InChI is InChI=1S/C62H92N12O26/c1-4-9-28(10-5-2)58(94)95-24-36-51(100-60-49(87)46(84)44(82)35(23-77)98-60)47(85)50(88)59(99-36)96-29-15-13-26(14-16-29)17-30-53(90)72-39(41(79)31-18-66-61(63)70-31)56(93)73-40(42(80)33-19-67-62(64)74(33)57-48(86)45(83)43(81)34(22-76)97-57)55(92)69-32(21-75)52(89)65-20-37(78)71-38(54(91)68-30)25(3)27-11-7-6-8-12-27/h6-8,11-16,25,28,30-36,38-51,57,59-60,75-77,79-88H,4-5,9-10,17-24H2,1-3H3,(H2,64,67)(H,65,89)(H,68,91)(H,69,92)(H,71,78)(H,72,90)(H,73,93)(H3,63,66,70)/t25?,30-,31?,32+,33?,34-,35-,36-,38+,39+,40-,41?,42?,43-,44-,45+,46+,47-,48+,49+,50+,51-,57+,59+,60-/m1/s1. The Labute approximate surface area is 572 Å². The van der Waals surface area contributed by atoms with Crippen molar-refractivity contribution >= 4 is 53.3 Å². The number of nitrogens with two attached hydrogens (primary N) is 2. The summed E-state index contributed by atoms with van der Waals surface area (Å²) in [5.74, 6) is -10.2. The number of nitrogens with zero attached hydrogens (tertiary/aromatic N) is 3. The fourth-order valence-corrected chi connectivity index (χ4v) is 12.5. The van der Waals surface area contributed by atoms with E-state index in [4.69, 9.17) is 39.9 Å². The molecule has 0 spiro atoms. The molecule has 0 aliphatic carbocycles. The maximum atomic E-state index is 15.3. The van der Waals surface area contributed by atoms with Crippen LogP contribution in [0.3, 0.4) is 0 Å². The molecule has 4 fully saturated rings. The summed E-state index contributed by atoms with van der Waals surface area (Å²) in [6, 6.07) is 0.775. The quantitative estimate of drug-likeness (QED) is 0.0459. The molecule has 4 saturated heterocycles. The Morgan fingerprint density at radius 2 is 1.19 bits per heavy atom. The molecule has 0 aromatic heterocycles. The van der Waals surface area contributed by atoms with Crippen molar-refractivity contribution in [3.63, 3.8) is 0 Å². The van der Waals surface area contributed by atoms with E-state index in [-0.39, 0.29) is 23.8 Å². The first kappa shape index (κ1) is 78.1. The van der Waals surface area contributed by atoms with Crippen molar-refractivity contribution in [3.05, 3.63) is 65.7 Å². The van der Waals surface area contributed by atoms with E-state index in [1.807, 2.05) is 13.8 Å². The summed E-state index contributed by atoms with van der Waals surface area (Å²) >= 11 is 0.